The zero-order valence-electron chi connectivity index (χ0n) is 20.1. The van der Waals surface area contributed by atoms with Gasteiger partial charge >= 0.3 is 0 Å². The fraction of sp³-hybridized carbons (Fsp3) is 0.346. The SMILES string of the molecule is CCNC(=O)COC(NC(=O)[C@@H]1CCc2cnc(NCCc3ccccn3)c(=O)n21)c1ccccc1. The largest absolute Gasteiger partial charge is 0.365 e. The van der Waals surface area contributed by atoms with Gasteiger partial charge in [-0.25, -0.2) is 4.98 Å². The van der Waals surface area contributed by atoms with Gasteiger partial charge in [0.15, 0.2) is 12.0 Å². The fourth-order valence-electron chi connectivity index (χ4n) is 4.15. The number of carbonyl (C=O) groups is 2. The van der Waals surface area contributed by atoms with Crippen molar-refractivity contribution in [1.29, 1.82) is 0 Å². The molecule has 3 N–H and O–H groups in total. The van der Waals surface area contributed by atoms with Crippen molar-refractivity contribution in [3.8, 4) is 0 Å². The lowest BCUT2D eigenvalue weighted by atomic mass is 10.1. The van der Waals surface area contributed by atoms with Crippen LogP contribution in [0, 0.1) is 0 Å². The molecule has 1 unspecified atom stereocenters. The Hall–Kier alpha value is -4.05. The van der Waals surface area contributed by atoms with Crippen LogP contribution in [0.15, 0.2) is 65.7 Å². The molecule has 10 nitrogen and oxygen atoms in total. The molecule has 0 saturated carbocycles. The van der Waals surface area contributed by atoms with Crippen molar-refractivity contribution in [2.75, 3.05) is 25.0 Å². The molecule has 1 aliphatic rings. The van der Waals surface area contributed by atoms with Gasteiger partial charge in [-0.1, -0.05) is 36.4 Å². The van der Waals surface area contributed by atoms with E-state index in [1.807, 2.05) is 55.5 Å². The minimum Gasteiger partial charge on any atom is -0.365 e. The molecule has 2 amide bonds. The predicted octanol–water partition coefficient (Wildman–Crippen LogP) is 1.75. The number of nitrogens with zero attached hydrogens (tertiary/aromatic N) is 3. The molecule has 3 heterocycles. The Bertz CT molecular complexity index is 1230. The van der Waals surface area contributed by atoms with Crippen LogP contribution in [0.2, 0.25) is 0 Å². The first kappa shape index (κ1) is 25.1. The Morgan fingerprint density at radius 2 is 1.94 bits per heavy atom. The van der Waals surface area contributed by atoms with Gasteiger partial charge in [-0.05, 0) is 31.9 Å². The average Bonchev–Trinajstić information content (AvgIpc) is 3.34. The van der Waals surface area contributed by atoms with Gasteiger partial charge < -0.3 is 20.7 Å². The van der Waals surface area contributed by atoms with Crippen LogP contribution in [0.5, 0.6) is 0 Å². The number of nitrogens with one attached hydrogen (secondary N) is 3. The summed E-state index contributed by atoms with van der Waals surface area (Å²) in [4.78, 5) is 47.0. The number of fused-ring (bicyclic) bond motifs is 1. The van der Waals surface area contributed by atoms with Gasteiger partial charge in [0, 0.05) is 48.9 Å². The molecular formula is C26H30N6O4. The summed E-state index contributed by atoms with van der Waals surface area (Å²) in [5.74, 6) is -0.435. The maximum absolute atomic E-state index is 13.3. The molecule has 2 atom stereocenters. The summed E-state index contributed by atoms with van der Waals surface area (Å²) in [5, 5.41) is 8.63. The lowest BCUT2D eigenvalue weighted by Gasteiger charge is -2.22. The van der Waals surface area contributed by atoms with Gasteiger partial charge in [0.25, 0.3) is 5.56 Å². The summed E-state index contributed by atoms with van der Waals surface area (Å²) in [6, 6.07) is 14.1. The van der Waals surface area contributed by atoms with Crippen LogP contribution in [0.4, 0.5) is 5.82 Å². The maximum atomic E-state index is 13.3. The second kappa shape index (κ2) is 12.1. The van der Waals surface area contributed by atoms with Crippen molar-refractivity contribution in [1.82, 2.24) is 25.2 Å². The smallest absolute Gasteiger partial charge is 0.294 e. The van der Waals surface area contributed by atoms with Gasteiger partial charge in [-0.3, -0.25) is 23.9 Å². The second-order valence-electron chi connectivity index (χ2n) is 8.39. The van der Waals surface area contributed by atoms with E-state index in [9.17, 15) is 14.4 Å². The Morgan fingerprint density at radius 3 is 2.69 bits per heavy atom. The minimum atomic E-state index is -0.834. The number of likely N-dealkylation sites (N-methyl/N-ethyl adjacent to an activating group) is 1. The van der Waals surface area contributed by atoms with Crippen molar-refractivity contribution in [2.24, 2.45) is 0 Å². The van der Waals surface area contributed by atoms with Crippen LogP contribution >= 0.6 is 0 Å². The second-order valence-corrected chi connectivity index (χ2v) is 8.39. The van der Waals surface area contributed by atoms with E-state index in [0.717, 1.165) is 5.69 Å². The number of hydrogen-bond donors (Lipinski definition) is 3. The maximum Gasteiger partial charge on any atom is 0.294 e. The van der Waals surface area contributed by atoms with Gasteiger partial charge in [-0.15, -0.1) is 0 Å². The predicted molar refractivity (Wildman–Crippen MR) is 134 cm³/mol. The van der Waals surface area contributed by atoms with E-state index in [1.54, 1.807) is 12.4 Å². The van der Waals surface area contributed by atoms with E-state index < -0.39 is 12.3 Å². The van der Waals surface area contributed by atoms with E-state index in [4.69, 9.17) is 4.74 Å². The summed E-state index contributed by atoms with van der Waals surface area (Å²) >= 11 is 0. The minimum absolute atomic E-state index is 0.196. The number of amides is 2. The van der Waals surface area contributed by atoms with E-state index in [1.165, 1.54) is 4.57 Å². The van der Waals surface area contributed by atoms with E-state index in [0.29, 0.717) is 43.6 Å². The molecule has 2 aromatic heterocycles. The molecule has 1 aromatic carbocycles. The number of anilines is 1. The summed E-state index contributed by atoms with van der Waals surface area (Å²) in [5.41, 5.74) is 1.97. The van der Waals surface area contributed by atoms with E-state index in [2.05, 4.69) is 25.9 Å². The first-order valence-electron chi connectivity index (χ1n) is 12.0. The molecule has 0 fully saturated rings. The van der Waals surface area contributed by atoms with Crippen molar-refractivity contribution in [3.63, 3.8) is 0 Å². The van der Waals surface area contributed by atoms with Gasteiger partial charge in [0.2, 0.25) is 11.8 Å². The Morgan fingerprint density at radius 1 is 1.14 bits per heavy atom. The van der Waals surface area contributed by atoms with Gasteiger partial charge in [-0.2, -0.15) is 0 Å². The molecule has 10 heteroatoms. The molecule has 0 spiro atoms. The van der Waals surface area contributed by atoms with E-state index in [-0.39, 0.29) is 29.8 Å². The van der Waals surface area contributed by atoms with Crippen molar-refractivity contribution in [2.45, 2.75) is 38.5 Å². The molecule has 0 radical (unpaired) electrons. The van der Waals surface area contributed by atoms with Gasteiger partial charge in [0.05, 0.1) is 0 Å². The first-order chi connectivity index (χ1) is 17.6. The van der Waals surface area contributed by atoms with Crippen LogP contribution < -0.4 is 21.5 Å². The van der Waals surface area contributed by atoms with Crippen molar-refractivity contribution in [3.05, 3.63) is 88.2 Å². The normalized spacial score (nSPS) is 15.1. The highest BCUT2D eigenvalue weighted by Gasteiger charge is 2.32. The molecular weight excluding hydrogens is 460 g/mol. The zero-order chi connectivity index (χ0) is 25.3. The Balaban J connectivity index is 1.46. The van der Waals surface area contributed by atoms with Crippen molar-refractivity contribution >= 4 is 17.6 Å². The van der Waals surface area contributed by atoms with Crippen LogP contribution in [0.3, 0.4) is 0 Å². The van der Waals surface area contributed by atoms with Crippen LogP contribution in [0.25, 0.3) is 0 Å². The molecule has 0 aliphatic carbocycles. The molecule has 0 bridgehead atoms. The third-order valence-electron chi connectivity index (χ3n) is 5.89. The average molecular weight is 491 g/mol. The van der Waals surface area contributed by atoms with E-state index >= 15 is 0 Å². The molecule has 188 valence electrons. The topological polar surface area (TPSA) is 127 Å². The standard InChI is InChI=1S/C26H30N6O4/c1-2-27-22(33)17-36-25(18-8-4-3-5-9-18)31-24(34)21-12-11-20-16-30-23(26(35)32(20)21)29-15-13-19-10-6-7-14-28-19/h3-10,14,16,21,25H,2,11-13,15,17H2,1H3,(H,27,33)(H,29,30)(H,31,34)/t21-,25?/m0/s1. The number of rotatable bonds is 11. The first-order valence-corrected chi connectivity index (χ1v) is 12.0. The quantitative estimate of drug-likeness (QED) is 0.350. The number of ether oxygens (including phenoxy) is 1. The summed E-state index contributed by atoms with van der Waals surface area (Å²) < 4.78 is 7.25. The lowest BCUT2D eigenvalue weighted by Crippen LogP contribution is -2.40. The summed E-state index contributed by atoms with van der Waals surface area (Å²) in [6.45, 7) is 2.58. The summed E-state index contributed by atoms with van der Waals surface area (Å²) in [7, 11) is 0. The molecule has 36 heavy (non-hydrogen) atoms. The molecule has 0 saturated heterocycles. The third-order valence-corrected chi connectivity index (χ3v) is 5.89. The highest BCUT2D eigenvalue weighted by atomic mass is 16.5. The molecule has 4 rings (SSSR count). The highest BCUT2D eigenvalue weighted by Crippen LogP contribution is 2.25. The van der Waals surface area contributed by atoms with Gasteiger partial charge in [0.1, 0.15) is 12.6 Å². The van der Waals surface area contributed by atoms with Crippen LogP contribution in [-0.4, -0.2) is 46.0 Å². The fourth-order valence-corrected chi connectivity index (χ4v) is 4.15. The number of carbonyl (C=O) groups excluding carboxylic acids is 2. The van der Waals surface area contributed by atoms with Crippen LogP contribution in [-0.2, 0) is 27.2 Å². The number of aromatic nitrogens is 3. The van der Waals surface area contributed by atoms with Crippen molar-refractivity contribution < 1.29 is 14.3 Å². The molecule has 3 aromatic rings. The number of pyridine rings is 1. The number of hydrogen-bond acceptors (Lipinski definition) is 7. The monoisotopic (exact) mass is 490 g/mol. The molecule has 1 aliphatic heterocycles. The zero-order valence-corrected chi connectivity index (χ0v) is 20.1. The third kappa shape index (κ3) is 6.14. The number of aryl methyl sites for hydroxylation is 1. The number of benzene rings is 1. The Labute approximate surface area is 209 Å². The lowest BCUT2D eigenvalue weighted by molar-refractivity contribution is -0.135. The summed E-state index contributed by atoms with van der Waals surface area (Å²) in [6.07, 6.45) is 4.19. The van der Waals surface area contributed by atoms with Crippen LogP contribution in [0.1, 0.15) is 42.6 Å². The Kier molecular flexibility index (Phi) is 8.40. The highest BCUT2D eigenvalue weighted by molar-refractivity contribution is 5.81.